The van der Waals surface area contributed by atoms with Crippen LogP contribution < -0.4 is 5.32 Å². The minimum absolute atomic E-state index is 0.0983. The van der Waals surface area contributed by atoms with Gasteiger partial charge in [-0.1, -0.05) is 48.5 Å². The summed E-state index contributed by atoms with van der Waals surface area (Å²) in [6.07, 6.45) is 7.13. The number of fused-ring (bicyclic) bond motifs is 1. The van der Waals surface area contributed by atoms with Gasteiger partial charge in [0.2, 0.25) is 0 Å². The third kappa shape index (κ3) is 3.35. The molecule has 1 amide bonds. The molecule has 1 N–H and O–H groups in total. The maximum Gasteiger partial charge on any atom is 0.273 e. The first-order chi connectivity index (χ1) is 15.5. The van der Waals surface area contributed by atoms with Crippen molar-refractivity contribution in [2.75, 3.05) is 0 Å². The van der Waals surface area contributed by atoms with E-state index in [4.69, 9.17) is 5.10 Å². The average molecular weight is 428 g/mol. The van der Waals surface area contributed by atoms with Gasteiger partial charge in [0.25, 0.3) is 5.91 Å². The van der Waals surface area contributed by atoms with Crippen molar-refractivity contribution < 1.29 is 4.79 Å². The minimum Gasteiger partial charge on any atom is -0.342 e. The standard InChI is InChI=1S/C28H33N3O/c1-28(2,22-8-4-3-5-9-22)29-27(32)26-23-10-6-7-11-25(23)31(30-26)17-24-20-13-18-12-19(15-20)16-21(24)14-18/h3-11,18-21,24H,12-17H2,1-2H3,(H,29,32). The van der Waals surface area contributed by atoms with E-state index in [1.807, 2.05) is 44.2 Å². The Balaban J connectivity index is 1.29. The van der Waals surface area contributed by atoms with Gasteiger partial charge in [-0.05, 0) is 87.2 Å². The molecule has 0 saturated heterocycles. The Hall–Kier alpha value is -2.62. The number of nitrogens with one attached hydrogen (secondary N) is 1. The monoisotopic (exact) mass is 427 g/mol. The van der Waals surface area contributed by atoms with Crippen LogP contribution in [0.3, 0.4) is 0 Å². The van der Waals surface area contributed by atoms with Gasteiger partial charge in [-0.2, -0.15) is 5.10 Å². The maximum absolute atomic E-state index is 13.4. The fourth-order valence-electron chi connectivity index (χ4n) is 7.24. The van der Waals surface area contributed by atoms with Gasteiger partial charge >= 0.3 is 0 Å². The second kappa shape index (κ2) is 7.47. The van der Waals surface area contributed by atoms with Crippen molar-refractivity contribution >= 4 is 16.8 Å². The average Bonchev–Trinajstić information content (AvgIpc) is 3.15. The van der Waals surface area contributed by atoms with Crippen LogP contribution in [0.15, 0.2) is 54.6 Å². The number of benzene rings is 2. The molecule has 4 fully saturated rings. The molecule has 4 bridgehead atoms. The first kappa shape index (κ1) is 20.0. The van der Waals surface area contributed by atoms with Gasteiger partial charge in [0.15, 0.2) is 5.69 Å². The predicted octanol–water partition coefficient (Wildman–Crippen LogP) is 5.77. The predicted molar refractivity (Wildman–Crippen MR) is 127 cm³/mol. The molecule has 1 heterocycles. The summed E-state index contributed by atoms with van der Waals surface area (Å²) in [5.41, 5.74) is 2.26. The summed E-state index contributed by atoms with van der Waals surface area (Å²) in [5.74, 6) is 4.27. The van der Waals surface area contributed by atoms with Gasteiger partial charge in [0.05, 0.1) is 11.1 Å². The van der Waals surface area contributed by atoms with Gasteiger partial charge in [-0.15, -0.1) is 0 Å². The second-order valence-corrected chi connectivity index (χ2v) is 11.1. The lowest BCUT2D eigenvalue weighted by molar-refractivity contribution is -0.0438. The van der Waals surface area contributed by atoms with Crippen molar-refractivity contribution in [3.05, 3.63) is 65.9 Å². The Morgan fingerprint density at radius 1 is 0.938 bits per heavy atom. The number of hydrogen-bond donors (Lipinski definition) is 1. The molecule has 0 atom stereocenters. The summed E-state index contributed by atoms with van der Waals surface area (Å²) in [4.78, 5) is 13.4. The van der Waals surface area contributed by atoms with Crippen LogP contribution in [-0.2, 0) is 12.1 Å². The van der Waals surface area contributed by atoms with Crippen LogP contribution in [-0.4, -0.2) is 15.7 Å². The van der Waals surface area contributed by atoms with E-state index in [9.17, 15) is 4.79 Å². The van der Waals surface area contributed by atoms with E-state index in [-0.39, 0.29) is 5.91 Å². The molecule has 0 aliphatic heterocycles. The molecule has 0 spiro atoms. The SMILES string of the molecule is CC(C)(NC(=O)c1nn(CC2C3CC4CC(C3)CC2C4)c2ccccc12)c1ccccc1. The lowest BCUT2D eigenvalue weighted by atomic mass is 9.52. The molecular weight excluding hydrogens is 394 g/mol. The van der Waals surface area contributed by atoms with Gasteiger partial charge in [0.1, 0.15) is 0 Å². The topological polar surface area (TPSA) is 46.9 Å². The van der Waals surface area contributed by atoms with Crippen LogP contribution in [0.4, 0.5) is 0 Å². The summed E-state index contributed by atoms with van der Waals surface area (Å²) in [5, 5.41) is 9.11. The fourth-order valence-corrected chi connectivity index (χ4v) is 7.24. The fraction of sp³-hybridized carbons (Fsp3) is 0.500. The highest BCUT2D eigenvalue weighted by Crippen LogP contribution is 2.56. The summed E-state index contributed by atoms with van der Waals surface area (Å²) in [6.45, 7) is 5.05. The molecule has 4 heteroatoms. The number of amides is 1. The van der Waals surface area contributed by atoms with Crippen molar-refractivity contribution in [1.29, 1.82) is 0 Å². The van der Waals surface area contributed by atoms with E-state index in [0.717, 1.165) is 46.7 Å². The van der Waals surface area contributed by atoms with E-state index in [2.05, 4.69) is 34.3 Å². The second-order valence-electron chi connectivity index (χ2n) is 11.1. The molecule has 4 nitrogen and oxygen atoms in total. The van der Waals surface area contributed by atoms with E-state index in [1.165, 1.54) is 32.1 Å². The summed E-state index contributed by atoms with van der Waals surface area (Å²) in [6, 6.07) is 18.4. The molecule has 0 radical (unpaired) electrons. The molecule has 4 aliphatic rings. The summed E-state index contributed by atoms with van der Waals surface area (Å²) >= 11 is 0. The highest BCUT2D eigenvalue weighted by atomic mass is 16.2. The number of rotatable bonds is 5. The van der Waals surface area contributed by atoms with Crippen molar-refractivity contribution in [3.63, 3.8) is 0 Å². The third-order valence-corrected chi connectivity index (χ3v) is 8.60. The minimum atomic E-state index is -0.468. The molecule has 0 unspecified atom stereocenters. The zero-order valence-corrected chi connectivity index (χ0v) is 19.1. The third-order valence-electron chi connectivity index (χ3n) is 8.60. The van der Waals surface area contributed by atoms with Crippen molar-refractivity contribution in [2.24, 2.45) is 29.6 Å². The number of aromatic nitrogens is 2. The Labute approximate surface area is 190 Å². The number of carbonyl (C=O) groups is 1. The van der Waals surface area contributed by atoms with Crippen molar-refractivity contribution in [3.8, 4) is 0 Å². The normalized spacial score (nSPS) is 28.9. The zero-order valence-electron chi connectivity index (χ0n) is 19.1. The first-order valence-electron chi connectivity index (χ1n) is 12.3. The smallest absolute Gasteiger partial charge is 0.273 e. The van der Waals surface area contributed by atoms with Gasteiger partial charge in [-0.3, -0.25) is 9.48 Å². The molecule has 1 aromatic heterocycles. The van der Waals surface area contributed by atoms with Crippen molar-refractivity contribution in [1.82, 2.24) is 15.1 Å². The Bertz CT molecular complexity index is 1120. The van der Waals surface area contributed by atoms with E-state index in [1.54, 1.807) is 0 Å². The van der Waals surface area contributed by atoms with Gasteiger partial charge < -0.3 is 5.32 Å². The molecule has 2 aromatic carbocycles. The van der Waals surface area contributed by atoms with Gasteiger partial charge in [0, 0.05) is 11.9 Å². The van der Waals surface area contributed by atoms with Crippen LogP contribution in [0.5, 0.6) is 0 Å². The maximum atomic E-state index is 13.4. The highest BCUT2D eigenvalue weighted by molar-refractivity contribution is 6.05. The molecule has 7 rings (SSSR count). The lowest BCUT2D eigenvalue weighted by Crippen LogP contribution is -2.46. The number of hydrogen-bond acceptors (Lipinski definition) is 2. The van der Waals surface area contributed by atoms with Gasteiger partial charge in [-0.25, -0.2) is 0 Å². The quantitative estimate of drug-likeness (QED) is 0.561. The summed E-state index contributed by atoms with van der Waals surface area (Å²) in [7, 11) is 0. The molecule has 166 valence electrons. The lowest BCUT2D eigenvalue weighted by Gasteiger charge is -2.54. The van der Waals surface area contributed by atoms with Crippen molar-refractivity contribution in [2.45, 2.75) is 58.0 Å². The number of para-hydroxylation sites is 1. The molecule has 4 aliphatic carbocycles. The Morgan fingerprint density at radius 2 is 1.56 bits per heavy atom. The number of carbonyl (C=O) groups excluding carboxylic acids is 1. The van der Waals surface area contributed by atoms with Crippen LogP contribution >= 0.6 is 0 Å². The highest BCUT2D eigenvalue weighted by Gasteiger charge is 2.48. The largest absolute Gasteiger partial charge is 0.342 e. The molecular formula is C28H33N3O. The van der Waals surface area contributed by atoms with Crippen LogP contribution in [0, 0.1) is 29.6 Å². The first-order valence-corrected chi connectivity index (χ1v) is 12.3. The summed E-state index contributed by atoms with van der Waals surface area (Å²) < 4.78 is 2.15. The van der Waals surface area contributed by atoms with E-state index < -0.39 is 5.54 Å². The van der Waals surface area contributed by atoms with Crippen LogP contribution in [0.2, 0.25) is 0 Å². The van der Waals surface area contributed by atoms with E-state index in [0.29, 0.717) is 11.6 Å². The zero-order chi connectivity index (χ0) is 21.9. The molecule has 32 heavy (non-hydrogen) atoms. The molecule has 3 aromatic rings. The molecule has 4 saturated carbocycles. The Morgan fingerprint density at radius 3 is 2.25 bits per heavy atom. The number of nitrogens with zero attached hydrogens (tertiary/aromatic N) is 2. The van der Waals surface area contributed by atoms with Crippen LogP contribution in [0.25, 0.3) is 10.9 Å². The van der Waals surface area contributed by atoms with E-state index >= 15 is 0 Å². The van der Waals surface area contributed by atoms with Crippen LogP contribution in [0.1, 0.15) is 62.0 Å². The Kier molecular flexibility index (Phi) is 4.67.